The number of hydrogen-bond donors (Lipinski definition) is 2. The highest BCUT2D eigenvalue weighted by Gasteiger charge is 2.30. The Labute approximate surface area is 210 Å². The molecule has 0 heterocycles. The first-order valence-electron chi connectivity index (χ1n) is 10.9. The smallest absolute Gasteiger partial charge is 0.416 e. The summed E-state index contributed by atoms with van der Waals surface area (Å²) in [5.74, 6) is 0.0521. The van der Waals surface area contributed by atoms with Crippen LogP contribution in [0.15, 0.2) is 90.0 Å². The summed E-state index contributed by atoms with van der Waals surface area (Å²) in [5, 5.41) is 9.20. The van der Waals surface area contributed by atoms with Crippen molar-refractivity contribution < 1.29 is 22.7 Å². The second kappa shape index (κ2) is 11.1. The number of amides is 1. The lowest BCUT2D eigenvalue weighted by atomic mass is 10.0. The van der Waals surface area contributed by atoms with E-state index in [1.54, 1.807) is 12.1 Å². The highest BCUT2D eigenvalue weighted by molar-refractivity contribution is 6.30. The van der Waals surface area contributed by atoms with E-state index in [2.05, 4.69) is 15.8 Å². The minimum Gasteiger partial charge on any atom is -0.488 e. The van der Waals surface area contributed by atoms with Crippen molar-refractivity contribution in [1.82, 2.24) is 5.43 Å². The molecule has 0 aromatic heterocycles. The van der Waals surface area contributed by atoms with Crippen molar-refractivity contribution in [1.29, 1.82) is 0 Å². The van der Waals surface area contributed by atoms with E-state index < -0.39 is 17.6 Å². The van der Waals surface area contributed by atoms with E-state index in [0.29, 0.717) is 22.9 Å². The summed E-state index contributed by atoms with van der Waals surface area (Å²) in [6.45, 7) is 0.0533. The van der Waals surface area contributed by atoms with Gasteiger partial charge in [0.1, 0.15) is 12.4 Å². The second-order valence-corrected chi connectivity index (χ2v) is 8.28. The standard InChI is InChI=1S/C27H21ClF3N3O2/c28-21-11-8-18(9-12-21)17-36-25-13-10-19-4-1-2-7-23(19)24(25)15-33-34-26(35)16-32-22-6-3-5-20(14-22)27(29,30)31/h1-15,32H,16-17H2,(H,34,35)/b33-15-. The number of carbonyl (C=O) groups excluding carboxylic acids is 1. The maximum absolute atomic E-state index is 12.9. The Morgan fingerprint density at radius 1 is 0.972 bits per heavy atom. The average Bonchev–Trinajstić information content (AvgIpc) is 2.87. The molecule has 0 spiro atoms. The molecule has 5 nitrogen and oxygen atoms in total. The van der Waals surface area contributed by atoms with Crippen molar-refractivity contribution in [3.8, 4) is 5.75 Å². The van der Waals surface area contributed by atoms with Crippen LogP contribution in [0.1, 0.15) is 16.7 Å². The van der Waals surface area contributed by atoms with Crippen LogP contribution in [0.5, 0.6) is 5.75 Å². The number of hydrogen-bond acceptors (Lipinski definition) is 4. The minimum absolute atomic E-state index is 0.177. The third-order valence-electron chi connectivity index (χ3n) is 5.26. The number of rotatable bonds is 8. The second-order valence-electron chi connectivity index (χ2n) is 7.84. The number of alkyl halides is 3. The van der Waals surface area contributed by atoms with E-state index >= 15 is 0 Å². The number of anilines is 1. The number of hydrazone groups is 1. The Hall–Kier alpha value is -4.04. The molecule has 1 amide bonds. The van der Waals surface area contributed by atoms with Crippen LogP contribution < -0.4 is 15.5 Å². The van der Waals surface area contributed by atoms with Gasteiger partial charge in [-0.15, -0.1) is 0 Å². The summed E-state index contributed by atoms with van der Waals surface area (Å²) in [6, 6.07) is 23.4. The Morgan fingerprint density at radius 2 is 1.75 bits per heavy atom. The molecule has 4 aromatic rings. The first-order valence-corrected chi connectivity index (χ1v) is 11.3. The quantitative estimate of drug-likeness (QED) is 0.205. The Kier molecular flexibility index (Phi) is 7.75. The molecule has 0 bridgehead atoms. The van der Waals surface area contributed by atoms with E-state index in [0.717, 1.165) is 28.5 Å². The molecule has 184 valence electrons. The van der Waals surface area contributed by atoms with Crippen molar-refractivity contribution in [2.45, 2.75) is 12.8 Å². The number of nitrogens with one attached hydrogen (secondary N) is 2. The molecule has 2 N–H and O–H groups in total. The number of halogens is 4. The molecule has 0 aliphatic carbocycles. The van der Waals surface area contributed by atoms with Gasteiger partial charge in [0.15, 0.2) is 0 Å². The van der Waals surface area contributed by atoms with Gasteiger partial charge in [-0.2, -0.15) is 18.3 Å². The SMILES string of the molecule is O=C(CNc1cccc(C(F)(F)F)c1)N/N=C\c1c(OCc2ccc(Cl)cc2)ccc2ccccc12. The largest absolute Gasteiger partial charge is 0.488 e. The number of carbonyl (C=O) groups is 1. The zero-order valence-electron chi connectivity index (χ0n) is 18.9. The molecular weight excluding hydrogens is 491 g/mol. The van der Waals surface area contributed by atoms with Gasteiger partial charge >= 0.3 is 6.18 Å². The van der Waals surface area contributed by atoms with Crippen molar-refractivity contribution in [3.63, 3.8) is 0 Å². The monoisotopic (exact) mass is 511 g/mol. The van der Waals surface area contributed by atoms with Gasteiger partial charge in [0.2, 0.25) is 0 Å². The summed E-state index contributed by atoms with van der Waals surface area (Å²) in [5.41, 5.74) is 3.38. The molecule has 0 saturated heterocycles. The average molecular weight is 512 g/mol. The Bertz CT molecular complexity index is 1390. The Morgan fingerprint density at radius 3 is 2.53 bits per heavy atom. The van der Waals surface area contributed by atoms with E-state index in [4.69, 9.17) is 16.3 Å². The van der Waals surface area contributed by atoms with E-state index in [-0.39, 0.29) is 12.2 Å². The number of nitrogens with zero attached hydrogens (tertiary/aromatic N) is 1. The predicted octanol–water partition coefficient (Wildman–Crippen LogP) is 6.65. The van der Waals surface area contributed by atoms with Gasteiger partial charge < -0.3 is 10.1 Å². The molecule has 4 aromatic carbocycles. The lowest BCUT2D eigenvalue weighted by molar-refractivity contribution is -0.137. The van der Waals surface area contributed by atoms with Crippen LogP contribution in [-0.2, 0) is 17.6 Å². The number of benzene rings is 4. The number of ether oxygens (including phenoxy) is 1. The van der Waals surface area contributed by atoms with Gasteiger partial charge in [-0.05, 0) is 52.7 Å². The van der Waals surface area contributed by atoms with E-state index in [9.17, 15) is 18.0 Å². The number of fused-ring (bicyclic) bond motifs is 1. The van der Waals surface area contributed by atoms with E-state index in [1.807, 2.05) is 48.5 Å². The molecule has 9 heteroatoms. The van der Waals surface area contributed by atoms with Gasteiger partial charge in [-0.3, -0.25) is 4.79 Å². The van der Waals surface area contributed by atoms with Crippen LogP contribution in [0, 0.1) is 0 Å². The summed E-state index contributed by atoms with van der Waals surface area (Å²) < 4.78 is 44.6. The third-order valence-corrected chi connectivity index (χ3v) is 5.52. The highest BCUT2D eigenvalue weighted by Crippen LogP contribution is 2.30. The van der Waals surface area contributed by atoms with Gasteiger partial charge in [0.05, 0.1) is 18.3 Å². The van der Waals surface area contributed by atoms with E-state index in [1.165, 1.54) is 18.3 Å². The van der Waals surface area contributed by atoms with Gasteiger partial charge in [0, 0.05) is 16.3 Å². The maximum atomic E-state index is 12.9. The molecule has 4 rings (SSSR count). The summed E-state index contributed by atoms with van der Waals surface area (Å²) in [7, 11) is 0. The first kappa shape index (κ1) is 25.1. The third kappa shape index (κ3) is 6.55. The van der Waals surface area contributed by atoms with Crippen LogP contribution >= 0.6 is 11.6 Å². The molecular formula is C27H21ClF3N3O2. The molecule has 0 aliphatic heterocycles. The Balaban J connectivity index is 1.44. The molecule has 0 saturated carbocycles. The van der Waals surface area contributed by atoms with Crippen molar-refractivity contribution in [2.24, 2.45) is 5.10 Å². The van der Waals surface area contributed by atoms with Gasteiger partial charge in [-0.25, -0.2) is 5.43 Å². The fourth-order valence-electron chi connectivity index (χ4n) is 3.47. The zero-order chi connectivity index (χ0) is 25.5. The van der Waals surface area contributed by atoms with Crippen LogP contribution in [0.2, 0.25) is 5.02 Å². The molecule has 0 aliphatic rings. The molecule has 0 unspecified atom stereocenters. The molecule has 0 fully saturated rings. The molecule has 36 heavy (non-hydrogen) atoms. The fourth-order valence-corrected chi connectivity index (χ4v) is 3.60. The molecule has 0 radical (unpaired) electrons. The lowest BCUT2D eigenvalue weighted by Crippen LogP contribution is -2.26. The minimum atomic E-state index is -4.46. The van der Waals surface area contributed by atoms with Crippen molar-refractivity contribution in [3.05, 3.63) is 107 Å². The van der Waals surface area contributed by atoms with Crippen molar-refractivity contribution in [2.75, 3.05) is 11.9 Å². The first-order chi connectivity index (χ1) is 17.3. The lowest BCUT2D eigenvalue weighted by Gasteiger charge is -2.12. The summed E-state index contributed by atoms with van der Waals surface area (Å²) >= 11 is 5.94. The van der Waals surface area contributed by atoms with Gasteiger partial charge in [0.25, 0.3) is 5.91 Å². The summed E-state index contributed by atoms with van der Waals surface area (Å²) in [6.07, 6.45) is -2.97. The van der Waals surface area contributed by atoms with Gasteiger partial charge in [-0.1, -0.05) is 60.1 Å². The normalized spacial score (nSPS) is 11.6. The topological polar surface area (TPSA) is 62.7 Å². The zero-order valence-corrected chi connectivity index (χ0v) is 19.6. The summed E-state index contributed by atoms with van der Waals surface area (Å²) in [4.78, 5) is 12.2. The maximum Gasteiger partial charge on any atom is 0.416 e. The predicted molar refractivity (Wildman–Crippen MR) is 135 cm³/mol. The fraction of sp³-hybridized carbons (Fsp3) is 0.111. The highest BCUT2D eigenvalue weighted by atomic mass is 35.5. The van der Waals surface area contributed by atoms with Crippen LogP contribution in [-0.4, -0.2) is 18.7 Å². The van der Waals surface area contributed by atoms with Crippen LogP contribution in [0.25, 0.3) is 10.8 Å². The van der Waals surface area contributed by atoms with Crippen LogP contribution in [0.3, 0.4) is 0 Å². The van der Waals surface area contributed by atoms with Crippen molar-refractivity contribution >= 4 is 40.2 Å². The molecule has 0 atom stereocenters. The van der Waals surface area contributed by atoms with Crippen LogP contribution in [0.4, 0.5) is 18.9 Å².